The van der Waals surface area contributed by atoms with Crippen molar-refractivity contribution in [2.75, 3.05) is 20.2 Å². The van der Waals surface area contributed by atoms with Crippen LogP contribution in [0.4, 0.5) is 0 Å². The predicted molar refractivity (Wildman–Crippen MR) is 126 cm³/mol. The fourth-order valence-electron chi connectivity index (χ4n) is 4.32. The molecule has 1 aliphatic rings. The molecule has 3 rings (SSSR count). The van der Waals surface area contributed by atoms with E-state index in [1.54, 1.807) is 37.4 Å². The molecule has 2 aromatic carbocycles. The number of hydrogen-bond acceptors (Lipinski definition) is 4. The molecule has 7 heteroatoms. The van der Waals surface area contributed by atoms with Gasteiger partial charge < -0.3 is 10.1 Å². The number of aryl methyl sites for hydroxylation is 1. The van der Waals surface area contributed by atoms with Gasteiger partial charge in [-0.05, 0) is 73.6 Å². The van der Waals surface area contributed by atoms with E-state index in [0.29, 0.717) is 36.7 Å². The van der Waals surface area contributed by atoms with Crippen LogP contribution in [0.5, 0.6) is 5.75 Å². The highest BCUT2D eigenvalue weighted by atomic mass is 32.2. The molecule has 1 atom stereocenters. The molecule has 1 saturated heterocycles. The van der Waals surface area contributed by atoms with Gasteiger partial charge in [-0.3, -0.25) is 4.79 Å². The number of hydrogen-bond donors (Lipinski definition) is 1. The number of carbonyl (C=O) groups is 1. The Morgan fingerprint density at radius 2 is 1.69 bits per heavy atom. The Bertz CT molecular complexity index is 1040. The number of rotatable bonds is 7. The van der Waals surface area contributed by atoms with E-state index in [1.807, 2.05) is 19.9 Å². The third-order valence-corrected chi connectivity index (χ3v) is 8.18. The van der Waals surface area contributed by atoms with Crippen molar-refractivity contribution in [1.29, 1.82) is 0 Å². The van der Waals surface area contributed by atoms with Crippen molar-refractivity contribution in [3.05, 3.63) is 59.2 Å². The SMILES string of the molecule is COc1cc(C)c([C@@H](C)NC(=O)C2CCN(S(=O)(=O)c3ccccc3)CC2)cc1C(C)C. The minimum atomic E-state index is -3.51. The molecule has 0 bridgehead atoms. The van der Waals surface area contributed by atoms with Gasteiger partial charge in [-0.25, -0.2) is 8.42 Å². The van der Waals surface area contributed by atoms with Gasteiger partial charge in [0, 0.05) is 19.0 Å². The highest BCUT2D eigenvalue weighted by Gasteiger charge is 2.32. The second-order valence-electron chi connectivity index (χ2n) is 8.83. The van der Waals surface area contributed by atoms with E-state index < -0.39 is 10.0 Å². The Morgan fingerprint density at radius 3 is 2.25 bits per heavy atom. The van der Waals surface area contributed by atoms with Gasteiger partial charge in [0.1, 0.15) is 5.75 Å². The first-order valence-electron chi connectivity index (χ1n) is 11.2. The molecule has 0 spiro atoms. The fraction of sp³-hybridized carbons (Fsp3) is 0.480. The van der Waals surface area contributed by atoms with Gasteiger partial charge in [0.25, 0.3) is 0 Å². The van der Waals surface area contributed by atoms with Crippen LogP contribution in [0.15, 0.2) is 47.4 Å². The van der Waals surface area contributed by atoms with E-state index in [-0.39, 0.29) is 17.9 Å². The maximum absolute atomic E-state index is 13.0. The summed E-state index contributed by atoms with van der Waals surface area (Å²) in [6, 6.07) is 12.5. The molecule has 0 unspecified atom stereocenters. The van der Waals surface area contributed by atoms with Crippen LogP contribution in [0.25, 0.3) is 0 Å². The molecule has 1 aliphatic heterocycles. The van der Waals surface area contributed by atoms with Gasteiger partial charge in [-0.1, -0.05) is 32.0 Å². The van der Waals surface area contributed by atoms with E-state index in [9.17, 15) is 13.2 Å². The second-order valence-corrected chi connectivity index (χ2v) is 10.8. The highest BCUT2D eigenvalue weighted by Crippen LogP contribution is 2.32. The summed E-state index contributed by atoms with van der Waals surface area (Å²) in [5.74, 6) is 0.966. The quantitative estimate of drug-likeness (QED) is 0.667. The average molecular weight is 459 g/mol. The first-order valence-corrected chi connectivity index (χ1v) is 12.6. The summed E-state index contributed by atoms with van der Waals surface area (Å²) in [5, 5.41) is 3.15. The minimum Gasteiger partial charge on any atom is -0.496 e. The second kappa shape index (κ2) is 10.0. The van der Waals surface area contributed by atoms with Crippen LogP contribution in [-0.4, -0.2) is 38.8 Å². The van der Waals surface area contributed by atoms with Crippen molar-refractivity contribution in [2.45, 2.75) is 57.4 Å². The van der Waals surface area contributed by atoms with Gasteiger partial charge in [0.2, 0.25) is 15.9 Å². The van der Waals surface area contributed by atoms with Gasteiger partial charge in [-0.2, -0.15) is 4.31 Å². The third kappa shape index (κ3) is 5.15. The monoisotopic (exact) mass is 458 g/mol. The Balaban J connectivity index is 1.65. The molecule has 6 nitrogen and oxygen atoms in total. The summed E-state index contributed by atoms with van der Waals surface area (Å²) < 4.78 is 32.6. The van der Waals surface area contributed by atoms with E-state index in [2.05, 4.69) is 25.2 Å². The molecule has 32 heavy (non-hydrogen) atoms. The van der Waals surface area contributed by atoms with Crippen molar-refractivity contribution in [2.24, 2.45) is 5.92 Å². The summed E-state index contributed by atoms with van der Waals surface area (Å²) >= 11 is 0. The molecule has 1 N–H and O–H groups in total. The Morgan fingerprint density at radius 1 is 1.06 bits per heavy atom. The zero-order chi connectivity index (χ0) is 23.5. The van der Waals surface area contributed by atoms with E-state index in [4.69, 9.17) is 4.74 Å². The maximum Gasteiger partial charge on any atom is 0.243 e. The van der Waals surface area contributed by atoms with Crippen LogP contribution in [0.1, 0.15) is 62.3 Å². The van der Waals surface area contributed by atoms with Crippen molar-refractivity contribution in [3.8, 4) is 5.75 Å². The van der Waals surface area contributed by atoms with E-state index in [0.717, 1.165) is 22.4 Å². The van der Waals surface area contributed by atoms with Gasteiger partial charge in [0.05, 0.1) is 18.0 Å². The third-order valence-electron chi connectivity index (χ3n) is 6.27. The lowest BCUT2D eigenvalue weighted by Crippen LogP contribution is -2.43. The van der Waals surface area contributed by atoms with Gasteiger partial charge in [0.15, 0.2) is 0 Å². The Hall–Kier alpha value is -2.38. The van der Waals surface area contributed by atoms with Crippen LogP contribution in [0.3, 0.4) is 0 Å². The van der Waals surface area contributed by atoms with E-state index in [1.165, 1.54) is 4.31 Å². The molecule has 2 aromatic rings. The van der Waals surface area contributed by atoms with Crippen LogP contribution in [0, 0.1) is 12.8 Å². The van der Waals surface area contributed by atoms with Crippen molar-refractivity contribution in [1.82, 2.24) is 9.62 Å². The lowest BCUT2D eigenvalue weighted by Gasteiger charge is -2.31. The summed E-state index contributed by atoms with van der Waals surface area (Å²) in [7, 11) is -1.84. The average Bonchev–Trinajstić information content (AvgIpc) is 2.79. The first kappa shape index (κ1) is 24.3. The zero-order valence-corrected chi connectivity index (χ0v) is 20.4. The van der Waals surface area contributed by atoms with Crippen molar-refractivity contribution in [3.63, 3.8) is 0 Å². The molecule has 1 heterocycles. The molecular formula is C25H34N2O4S. The molecule has 0 aliphatic carbocycles. The number of ether oxygens (including phenoxy) is 1. The zero-order valence-electron chi connectivity index (χ0n) is 19.6. The summed E-state index contributed by atoms with van der Waals surface area (Å²) in [6.45, 7) is 8.96. The molecule has 1 amide bonds. The standard InChI is InChI=1S/C25H34N2O4S/c1-17(2)22-16-23(18(3)15-24(22)31-5)19(4)26-25(28)20-11-13-27(14-12-20)32(29,30)21-9-7-6-8-10-21/h6-10,15-17,19-20H,11-14H2,1-5H3,(H,26,28)/t19-/m1/s1. The Kier molecular flexibility index (Phi) is 7.62. The number of nitrogens with zero attached hydrogens (tertiary/aromatic N) is 1. The fourth-order valence-corrected chi connectivity index (χ4v) is 5.81. The molecule has 0 aromatic heterocycles. The smallest absolute Gasteiger partial charge is 0.243 e. The van der Waals surface area contributed by atoms with Crippen LogP contribution in [-0.2, 0) is 14.8 Å². The number of nitrogens with one attached hydrogen (secondary N) is 1. The number of piperidine rings is 1. The molecule has 0 radical (unpaired) electrons. The van der Waals surface area contributed by atoms with Crippen LogP contribution in [0.2, 0.25) is 0 Å². The molecule has 1 fully saturated rings. The first-order chi connectivity index (χ1) is 15.1. The maximum atomic E-state index is 13.0. The molecule has 0 saturated carbocycles. The highest BCUT2D eigenvalue weighted by molar-refractivity contribution is 7.89. The number of benzene rings is 2. The molecule has 174 valence electrons. The van der Waals surface area contributed by atoms with Crippen molar-refractivity contribution >= 4 is 15.9 Å². The summed E-state index contributed by atoms with van der Waals surface area (Å²) in [6.07, 6.45) is 1.03. The van der Waals surface area contributed by atoms with Crippen LogP contribution < -0.4 is 10.1 Å². The summed E-state index contributed by atoms with van der Waals surface area (Å²) in [5.41, 5.74) is 3.27. The lowest BCUT2D eigenvalue weighted by atomic mass is 9.92. The Labute approximate surface area is 192 Å². The lowest BCUT2D eigenvalue weighted by molar-refractivity contribution is -0.126. The predicted octanol–water partition coefficient (Wildman–Crippen LogP) is 4.41. The van der Waals surface area contributed by atoms with Gasteiger partial charge in [-0.15, -0.1) is 0 Å². The largest absolute Gasteiger partial charge is 0.496 e. The number of sulfonamides is 1. The minimum absolute atomic E-state index is 0.0180. The number of methoxy groups -OCH3 is 1. The normalized spacial score (nSPS) is 16.7. The van der Waals surface area contributed by atoms with Gasteiger partial charge >= 0.3 is 0 Å². The summed E-state index contributed by atoms with van der Waals surface area (Å²) in [4.78, 5) is 13.3. The van der Waals surface area contributed by atoms with Crippen LogP contribution >= 0.6 is 0 Å². The number of amides is 1. The van der Waals surface area contributed by atoms with Crippen molar-refractivity contribution < 1.29 is 17.9 Å². The molecular weight excluding hydrogens is 424 g/mol. The topological polar surface area (TPSA) is 75.7 Å². The number of carbonyl (C=O) groups excluding carboxylic acids is 1. The van der Waals surface area contributed by atoms with E-state index >= 15 is 0 Å².